The van der Waals surface area contributed by atoms with E-state index in [1.54, 1.807) is 11.0 Å². The molecule has 0 bridgehead atoms. The van der Waals surface area contributed by atoms with E-state index in [0.717, 1.165) is 29.5 Å². The summed E-state index contributed by atoms with van der Waals surface area (Å²) >= 11 is 0. The van der Waals surface area contributed by atoms with Crippen molar-refractivity contribution in [2.24, 2.45) is 0 Å². The van der Waals surface area contributed by atoms with E-state index in [1.807, 2.05) is 50.7 Å². The number of pyridine rings is 1. The van der Waals surface area contributed by atoms with Gasteiger partial charge in [0.25, 0.3) is 0 Å². The molecule has 0 atom stereocenters. The highest BCUT2D eigenvalue weighted by atomic mass is 19.1. The van der Waals surface area contributed by atoms with Crippen LogP contribution in [0, 0.1) is 12.7 Å². The maximum atomic E-state index is 14.5. The summed E-state index contributed by atoms with van der Waals surface area (Å²) in [5, 5.41) is 0.786. The number of anilines is 1. The Labute approximate surface area is 188 Å². The number of hydrogen-bond acceptors (Lipinski definition) is 4. The smallest absolute Gasteiger partial charge is 0.410 e. The van der Waals surface area contributed by atoms with Crippen LogP contribution in [0.25, 0.3) is 10.9 Å². The summed E-state index contributed by atoms with van der Waals surface area (Å²) in [6.45, 7) is 9.54. The van der Waals surface area contributed by atoms with Gasteiger partial charge < -0.3 is 19.9 Å². The Kier molecular flexibility index (Phi) is 5.84. The minimum Gasteiger partial charge on any atom is -0.444 e. The van der Waals surface area contributed by atoms with Crippen molar-refractivity contribution in [3.63, 3.8) is 0 Å². The molecule has 170 valence electrons. The molecule has 2 N–H and O–H groups in total. The second-order valence-electron chi connectivity index (χ2n) is 9.66. The Morgan fingerprint density at radius 1 is 1.25 bits per heavy atom. The van der Waals surface area contributed by atoms with Gasteiger partial charge in [-0.1, -0.05) is 6.07 Å². The first-order chi connectivity index (χ1) is 15.1. The minimum atomic E-state index is -0.481. The number of carbonyl (C=O) groups is 1. The number of nitrogens with two attached hydrogens (primary N) is 1. The number of aryl methyl sites for hydroxylation is 1. The number of nitrogen functional groups attached to an aromatic ring is 1. The van der Waals surface area contributed by atoms with E-state index >= 15 is 0 Å². The highest BCUT2D eigenvalue weighted by molar-refractivity contribution is 5.84. The average Bonchev–Trinajstić information content (AvgIpc) is 3.11. The molecular formula is C25H31FN4O2. The van der Waals surface area contributed by atoms with Crippen LogP contribution in [-0.4, -0.2) is 39.2 Å². The van der Waals surface area contributed by atoms with Gasteiger partial charge in [0.05, 0.1) is 17.8 Å². The monoisotopic (exact) mass is 438 g/mol. The number of fused-ring (bicyclic) bond motifs is 1. The number of likely N-dealkylation sites (tertiary alicyclic amines) is 1. The van der Waals surface area contributed by atoms with Crippen molar-refractivity contribution in [1.29, 1.82) is 0 Å². The lowest BCUT2D eigenvalue weighted by Crippen LogP contribution is -2.41. The summed E-state index contributed by atoms with van der Waals surface area (Å²) in [7, 11) is 0. The standard InChI is InChI=1S/C25H31FN4O2/c1-16-11-19(17-5-8-29(9-6-17)24(31)32-25(2,3)4)14-28-22(16)15-30-10-7-18-12-20(27)13-21(26)23(18)30/h7,10-14,17H,5-6,8-9,15,27H2,1-4H3. The van der Waals surface area contributed by atoms with E-state index in [1.165, 1.54) is 11.6 Å². The van der Waals surface area contributed by atoms with Gasteiger partial charge in [0.2, 0.25) is 0 Å². The third kappa shape index (κ3) is 4.71. The fourth-order valence-electron chi connectivity index (χ4n) is 4.35. The van der Waals surface area contributed by atoms with Crippen molar-refractivity contribution < 1.29 is 13.9 Å². The first-order valence-corrected chi connectivity index (χ1v) is 11.1. The van der Waals surface area contributed by atoms with Gasteiger partial charge in [-0.2, -0.15) is 0 Å². The zero-order chi connectivity index (χ0) is 23.0. The van der Waals surface area contributed by atoms with E-state index in [2.05, 4.69) is 6.07 Å². The van der Waals surface area contributed by atoms with Gasteiger partial charge in [-0.25, -0.2) is 9.18 Å². The normalized spacial score (nSPS) is 15.3. The van der Waals surface area contributed by atoms with Gasteiger partial charge in [0.15, 0.2) is 0 Å². The van der Waals surface area contributed by atoms with Crippen molar-refractivity contribution in [2.75, 3.05) is 18.8 Å². The summed E-state index contributed by atoms with van der Waals surface area (Å²) in [4.78, 5) is 18.8. The van der Waals surface area contributed by atoms with Gasteiger partial charge in [0, 0.05) is 36.6 Å². The SMILES string of the molecule is Cc1cc(C2CCN(C(=O)OC(C)(C)C)CC2)cnc1Cn1ccc2cc(N)cc(F)c21. The van der Waals surface area contributed by atoms with Gasteiger partial charge in [-0.3, -0.25) is 4.98 Å². The van der Waals surface area contributed by atoms with Crippen molar-refractivity contribution in [1.82, 2.24) is 14.5 Å². The van der Waals surface area contributed by atoms with E-state index in [0.29, 0.717) is 36.8 Å². The van der Waals surface area contributed by atoms with Crippen LogP contribution in [0.15, 0.2) is 36.7 Å². The van der Waals surface area contributed by atoms with Crippen molar-refractivity contribution >= 4 is 22.7 Å². The maximum absolute atomic E-state index is 14.5. The highest BCUT2D eigenvalue weighted by Crippen LogP contribution is 2.30. The fraction of sp³-hybridized carbons (Fsp3) is 0.440. The molecule has 32 heavy (non-hydrogen) atoms. The molecule has 1 fully saturated rings. The lowest BCUT2D eigenvalue weighted by molar-refractivity contribution is 0.0205. The maximum Gasteiger partial charge on any atom is 0.410 e. The number of piperidine rings is 1. The molecular weight excluding hydrogens is 407 g/mol. The number of benzene rings is 1. The van der Waals surface area contributed by atoms with Crippen LogP contribution in [0.4, 0.5) is 14.9 Å². The molecule has 0 unspecified atom stereocenters. The molecule has 4 rings (SSSR count). The van der Waals surface area contributed by atoms with Crippen molar-refractivity contribution in [3.05, 3.63) is 59.3 Å². The topological polar surface area (TPSA) is 73.4 Å². The van der Waals surface area contributed by atoms with E-state index in [9.17, 15) is 9.18 Å². The second kappa shape index (κ2) is 8.45. The molecule has 1 aromatic carbocycles. The number of hydrogen-bond donors (Lipinski definition) is 1. The Balaban J connectivity index is 1.44. The zero-order valence-corrected chi connectivity index (χ0v) is 19.2. The number of nitrogens with zero attached hydrogens (tertiary/aromatic N) is 3. The molecule has 1 aliphatic heterocycles. The minimum absolute atomic E-state index is 0.242. The number of amides is 1. The summed E-state index contributed by atoms with van der Waals surface area (Å²) in [5.74, 6) is 0.0396. The van der Waals surface area contributed by atoms with Crippen LogP contribution in [0.3, 0.4) is 0 Å². The fourth-order valence-corrected chi connectivity index (χ4v) is 4.35. The van der Waals surface area contributed by atoms with Crippen molar-refractivity contribution in [3.8, 4) is 0 Å². The Hall–Kier alpha value is -3.09. The molecule has 6 nitrogen and oxygen atoms in total. The zero-order valence-electron chi connectivity index (χ0n) is 19.2. The predicted octanol–water partition coefficient (Wildman–Crippen LogP) is 5.23. The van der Waals surface area contributed by atoms with Crippen LogP contribution >= 0.6 is 0 Å². The van der Waals surface area contributed by atoms with Crippen LogP contribution in [0.5, 0.6) is 0 Å². The molecule has 2 aromatic heterocycles. The molecule has 1 aliphatic rings. The number of aromatic nitrogens is 2. The summed E-state index contributed by atoms with van der Waals surface area (Å²) in [5.41, 5.74) is 9.42. The lowest BCUT2D eigenvalue weighted by atomic mass is 9.89. The predicted molar refractivity (Wildman–Crippen MR) is 124 cm³/mol. The largest absolute Gasteiger partial charge is 0.444 e. The molecule has 0 saturated carbocycles. The number of ether oxygens (including phenoxy) is 1. The van der Waals surface area contributed by atoms with E-state index in [-0.39, 0.29) is 11.9 Å². The Morgan fingerprint density at radius 2 is 1.97 bits per heavy atom. The quantitative estimate of drug-likeness (QED) is 0.569. The molecule has 0 aliphatic carbocycles. The molecule has 1 saturated heterocycles. The number of halogens is 1. The van der Waals surface area contributed by atoms with Gasteiger partial charge >= 0.3 is 6.09 Å². The Morgan fingerprint density at radius 3 is 2.62 bits per heavy atom. The lowest BCUT2D eigenvalue weighted by Gasteiger charge is -2.33. The first-order valence-electron chi connectivity index (χ1n) is 11.1. The molecule has 3 aromatic rings. The Bertz CT molecular complexity index is 1140. The molecule has 7 heteroatoms. The van der Waals surface area contributed by atoms with Crippen LogP contribution in [0.2, 0.25) is 0 Å². The number of rotatable bonds is 3. The first kappa shape index (κ1) is 22.1. The van der Waals surface area contributed by atoms with Gasteiger partial charge in [0.1, 0.15) is 11.4 Å². The molecule has 0 spiro atoms. The second-order valence-corrected chi connectivity index (χ2v) is 9.66. The van der Waals surface area contributed by atoms with Crippen LogP contribution < -0.4 is 5.73 Å². The van der Waals surface area contributed by atoms with E-state index < -0.39 is 5.60 Å². The van der Waals surface area contributed by atoms with Crippen LogP contribution in [0.1, 0.15) is 56.4 Å². The van der Waals surface area contributed by atoms with E-state index in [4.69, 9.17) is 15.5 Å². The van der Waals surface area contributed by atoms with Gasteiger partial charge in [-0.05, 0) is 75.8 Å². The summed E-state index contributed by atoms with van der Waals surface area (Å²) in [6, 6.07) is 7.18. The van der Waals surface area contributed by atoms with Crippen LogP contribution in [-0.2, 0) is 11.3 Å². The van der Waals surface area contributed by atoms with Crippen molar-refractivity contribution in [2.45, 2.75) is 58.6 Å². The third-order valence-corrected chi connectivity index (χ3v) is 5.98. The average molecular weight is 439 g/mol. The highest BCUT2D eigenvalue weighted by Gasteiger charge is 2.27. The number of carbonyl (C=O) groups excluding carboxylic acids is 1. The summed E-state index contributed by atoms with van der Waals surface area (Å²) in [6.07, 6.45) is 5.32. The molecule has 3 heterocycles. The summed E-state index contributed by atoms with van der Waals surface area (Å²) < 4.78 is 21.8. The third-order valence-electron chi connectivity index (χ3n) is 5.98. The molecule has 1 amide bonds. The van der Waals surface area contributed by atoms with Gasteiger partial charge in [-0.15, -0.1) is 0 Å². The molecule has 0 radical (unpaired) electrons.